The molecule has 0 aliphatic heterocycles. The van der Waals surface area contributed by atoms with Crippen LogP contribution in [0.3, 0.4) is 0 Å². The van der Waals surface area contributed by atoms with Gasteiger partial charge in [-0.05, 0) is 18.2 Å². The molecule has 5 nitrogen and oxygen atoms in total. The third kappa shape index (κ3) is 3.37. The van der Waals surface area contributed by atoms with Crippen molar-refractivity contribution in [2.24, 2.45) is 0 Å². The van der Waals surface area contributed by atoms with Crippen LogP contribution in [0.5, 0.6) is 0 Å². The topological polar surface area (TPSA) is 90.2 Å². The van der Waals surface area contributed by atoms with Gasteiger partial charge in [0.2, 0.25) is 5.91 Å². The zero-order valence-electron chi connectivity index (χ0n) is 8.03. The highest BCUT2D eigenvalue weighted by atomic mass is 79.9. The molecule has 16 heavy (non-hydrogen) atoms. The van der Waals surface area contributed by atoms with Crippen molar-refractivity contribution in [1.29, 1.82) is 5.26 Å². The molecule has 0 saturated carbocycles. The quantitative estimate of drug-likeness (QED) is 0.826. The number of hydrogen-bond acceptors (Lipinski definition) is 3. The molecule has 0 saturated heterocycles. The van der Waals surface area contributed by atoms with Gasteiger partial charge >= 0.3 is 5.97 Å². The number of anilines is 1. The second-order valence-electron chi connectivity index (χ2n) is 2.92. The molecule has 0 fully saturated rings. The van der Waals surface area contributed by atoms with Crippen molar-refractivity contribution in [3.63, 3.8) is 0 Å². The Kier molecular flexibility index (Phi) is 4.03. The van der Waals surface area contributed by atoms with Gasteiger partial charge in [-0.3, -0.25) is 9.59 Å². The van der Waals surface area contributed by atoms with Crippen molar-refractivity contribution in [2.45, 2.75) is 6.42 Å². The summed E-state index contributed by atoms with van der Waals surface area (Å²) in [6.07, 6.45) is -0.628. The molecule has 0 spiro atoms. The first-order valence-electron chi connectivity index (χ1n) is 4.24. The highest BCUT2D eigenvalue weighted by Crippen LogP contribution is 2.20. The summed E-state index contributed by atoms with van der Waals surface area (Å²) in [6, 6.07) is 6.62. The van der Waals surface area contributed by atoms with Crippen molar-refractivity contribution in [3.8, 4) is 6.07 Å². The van der Waals surface area contributed by atoms with Crippen LogP contribution in [0.4, 0.5) is 5.69 Å². The van der Waals surface area contributed by atoms with Crippen LogP contribution in [0.2, 0.25) is 0 Å². The Balaban J connectivity index is 2.88. The first kappa shape index (κ1) is 12.2. The number of nitrogens with one attached hydrogen (secondary N) is 1. The Hall–Kier alpha value is -1.87. The summed E-state index contributed by atoms with van der Waals surface area (Å²) < 4.78 is 0.692. The fourth-order valence-corrected chi connectivity index (χ4v) is 1.41. The van der Waals surface area contributed by atoms with E-state index in [9.17, 15) is 9.59 Å². The van der Waals surface area contributed by atoms with Crippen molar-refractivity contribution >= 4 is 33.5 Å². The molecule has 0 aliphatic rings. The zero-order valence-corrected chi connectivity index (χ0v) is 9.61. The number of carboxylic acid groups (broad SMARTS) is 1. The molecule has 1 aromatic carbocycles. The molecule has 6 heteroatoms. The maximum atomic E-state index is 11.2. The average molecular weight is 283 g/mol. The predicted octanol–water partition coefficient (Wildman–Crippen LogP) is 1.73. The second kappa shape index (κ2) is 5.28. The number of carboxylic acids is 1. The molecule has 82 valence electrons. The third-order valence-corrected chi connectivity index (χ3v) is 2.18. The van der Waals surface area contributed by atoms with E-state index in [1.807, 2.05) is 6.07 Å². The van der Waals surface area contributed by atoms with Crippen LogP contribution in [0.15, 0.2) is 22.7 Å². The van der Waals surface area contributed by atoms with E-state index in [1.54, 1.807) is 6.07 Å². The van der Waals surface area contributed by atoms with Gasteiger partial charge in [0.15, 0.2) is 0 Å². The molecular weight excluding hydrogens is 276 g/mol. The molecule has 0 bridgehead atoms. The number of amides is 1. The minimum Gasteiger partial charge on any atom is -0.481 e. The van der Waals surface area contributed by atoms with Crippen LogP contribution in [0.1, 0.15) is 12.0 Å². The van der Waals surface area contributed by atoms with Crippen LogP contribution in [0, 0.1) is 11.3 Å². The van der Waals surface area contributed by atoms with Gasteiger partial charge in [-0.15, -0.1) is 0 Å². The first-order chi connectivity index (χ1) is 7.52. The maximum absolute atomic E-state index is 11.2. The van der Waals surface area contributed by atoms with Crippen molar-refractivity contribution in [2.75, 3.05) is 5.32 Å². The smallest absolute Gasteiger partial charge is 0.312 e. The Bertz CT molecular complexity index is 479. The van der Waals surface area contributed by atoms with Gasteiger partial charge in [0, 0.05) is 4.47 Å². The SMILES string of the molecule is N#Cc1ccc(Br)cc1NC(=O)CC(=O)O. The summed E-state index contributed by atoms with van der Waals surface area (Å²) in [5, 5.41) is 19.5. The van der Waals surface area contributed by atoms with Crippen LogP contribution >= 0.6 is 15.9 Å². The molecule has 0 aromatic heterocycles. The van der Waals surface area contributed by atoms with Gasteiger partial charge < -0.3 is 10.4 Å². The van der Waals surface area contributed by atoms with Gasteiger partial charge in [-0.25, -0.2) is 0 Å². The van der Waals surface area contributed by atoms with E-state index in [-0.39, 0.29) is 5.56 Å². The van der Waals surface area contributed by atoms with E-state index in [4.69, 9.17) is 10.4 Å². The number of aliphatic carboxylic acids is 1. The van der Waals surface area contributed by atoms with Gasteiger partial charge in [-0.2, -0.15) is 5.26 Å². The number of halogens is 1. The molecule has 1 amide bonds. The fourth-order valence-electron chi connectivity index (χ4n) is 1.05. The van der Waals surface area contributed by atoms with Gasteiger partial charge in [0.05, 0.1) is 11.3 Å². The number of nitrogens with zero attached hydrogens (tertiary/aromatic N) is 1. The number of carbonyl (C=O) groups excluding carboxylic acids is 1. The lowest BCUT2D eigenvalue weighted by atomic mass is 10.2. The molecule has 0 atom stereocenters. The number of benzene rings is 1. The van der Waals surface area contributed by atoms with E-state index in [0.29, 0.717) is 10.2 Å². The summed E-state index contributed by atoms with van der Waals surface area (Å²) in [5.74, 6) is -1.88. The standard InChI is InChI=1S/C10H7BrN2O3/c11-7-2-1-6(5-12)8(3-7)13-9(14)4-10(15)16/h1-3H,4H2,(H,13,14)(H,15,16). The van der Waals surface area contributed by atoms with E-state index in [1.165, 1.54) is 12.1 Å². The number of rotatable bonds is 3. The van der Waals surface area contributed by atoms with Crippen LogP contribution in [-0.4, -0.2) is 17.0 Å². The Morgan fingerprint density at radius 2 is 2.19 bits per heavy atom. The minimum atomic E-state index is -1.22. The molecule has 1 rings (SSSR count). The molecule has 2 N–H and O–H groups in total. The number of nitriles is 1. The Labute approximate surface area is 99.8 Å². The fraction of sp³-hybridized carbons (Fsp3) is 0.100. The van der Waals surface area contributed by atoms with E-state index in [2.05, 4.69) is 21.2 Å². The summed E-state index contributed by atoms with van der Waals surface area (Å²) >= 11 is 3.19. The summed E-state index contributed by atoms with van der Waals surface area (Å²) in [4.78, 5) is 21.5. The van der Waals surface area contributed by atoms with Crippen molar-refractivity contribution in [3.05, 3.63) is 28.2 Å². The van der Waals surface area contributed by atoms with Gasteiger partial charge in [0.1, 0.15) is 12.5 Å². The lowest BCUT2D eigenvalue weighted by Gasteiger charge is -2.05. The number of carbonyl (C=O) groups is 2. The highest BCUT2D eigenvalue weighted by Gasteiger charge is 2.10. The molecule has 0 heterocycles. The van der Waals surface area contributed by atoms with Crippen LogP contribution < -0.4 is 5.32 Å². The molecule has 0 radical (unpaired) electrons. The van der Waals surface area contributed by atoms with Crippen molar-refractivity contribution < 1.29 is 14.7 Å². The molecule has 0 unspecified atom stereocenters. The Morgan fingerprint density at radius 3 is 2.75 bits per heavy atom. The first-order valence-corrected chi connectivity index (χ1v) is 5.03. The maximum Gasteiger partial charge on any atom is 0.312 e. The third-order valence-electron chi connectivity index (χ3n) is 1.69. The largest absolute Gasteiger partial charge is 0.481 e. The monoisotopic (exact) mass is 282 g/mol. The molecule has 1 aromatic rings. The average Bonchev–Trinajstić information content (AvgIpc) is 2.16. The normalized spacial score (nSPS) is 9.25. The van der Waals surface area contributed by atoms with Crippen LogP contribution in [0.25, 0.3) is 0 Å². The summed E-state index contributed by atoms with van der Waals surface area (Å²) in [5.41, 5.74) is 0.574. The predicted molar refractivity (Wildman–Crippen MR) is 59.7 cm³/mol. The van der Waals surface area contributed by atoms with Crippen molar-refractivity contribution in [1.82, 2.24) is 0 Å². The summed E-state index contributed by atoms with van der Waals surface area (Å²) in [6.45, 7) is 0. The lowest BCUT2D eigenvalue weighted by Crippen LogP contribution is -2.16. The van der Waals surface area contributed by atoms with Crippen LogP contribution in [-0.2, 0) is 9.59 Å². The summed E-state index contributed by atoms with van der Waals surface area (Å²) in [7, 11) is 0. The van der Waals surface area contributed by atoms with E-state index < -0.39 is 18.3 Å². The minimum absolute atomic E-state index is 0.280. The molecule has 0 aliphatic carbocycles. The van der Waals surface area contributed by atoms with E-state index >= 15 is 0 Å². The zero-order chi connectivity index (χ0) is 12.1. The Morgan fingerprint density at radius 1 is 1.50 bits per heavy atom. The molecular formula is C10H7BrN2O3. The van der Waals surface area contributed by atoms with E-state index in [0.717, 1.165) is 0 Å². The second-order valence-corrected chi connectivity index (χ2v) is 3.84. The van der Waals surface area contributed by atoms with Gasteiger partial charge in [0.25, 0.3) is 0 Å². The lowest BCUT2D eigenvalue weighted by molar-refractivity contribution is -0.139. The number of hydrogen-bond donors (Lipinski definition) is 2. The van der Waals surface area contributed by atoms with Gasteiger partial charge in [-0.1, -0.05) is 15.9 Å². The highest BCUT2D eigenvalue weighted by molar-refractivity contribution is 9.10.